The van der Waals surface area contributed by atoms with E-state index in [9.17, 15) is 18.0 Å². The molecule has 2 fully saturated rings. The van der Waals surface area contributed by atoms with Crippen LogP contribution in [0.15, 0.2) is 29.2 Å². The first kappa shape index (κ1) is 21.0. The molecule has 0 aromatic heterocycles. The van der Waals surface area contributed by atoms with Gasteiger partial charge in [-0.05, 0) is 31.9 Å². The Bertz CT molecular complexity index is 808. The van der Waals surface area contributed by atoms with Gasteiger partial charge >= 0.3 is 0 Å². The molecular formula is C20H29N3O4S. The third kappa shape index (κ3) is 4.98. The standard InChI is InChI=1S/C20H29N3O4S/c1-17(24)18-7-6-8-19(15-18)28(26,27)23-13-11-21(12-14-23)16-20(25)22-9-4-2-3-5-10-22/h6-8,15H,2-5,9-14,16H2,1H3. The van der Waals surface area contributed by atoms with Crippen molar-refractivity contribution in [1.29, 1.82) is 0 Å². The Balaban J connectivity index is 1.57. The summed E-state index contributed by atoms with van der Waals surface area (Å²) in [5, 5.41) is 0. The van der Waals surface area contributed by atoms with Gasteiger partial charge in [-0.1, -0.05) is 25.0 Å². The number of sulfonamides is 1. The molecule has 0 atom stereocenters. The van der Waals surface area contributed by atoms with Crippen molar-refractivity contribution in [3.8, 4) is 0 Å². The number of hydrogen-bond donors (Lipinski definition) is 0. The summed E-state index contributed by atoms with van der Waals surface area (Å²) < 4.78 is 27.2. The molecule has 0 bridgehead atoms. The number of carbonyl (C=O) groups excluding carboxylic acids is 2. The fourth-order valence-corrected chi connectivity index (χ4v) is 5.23. The van der Waals surface area contributed by atoms with Gasteiger partial charge in [-0.3, -0.25) is 14.5 Å². The molecule has 2 heterocycles. The number of carbonyl (C=O) groups is 2. The van der Waals surface area contributed by atoms with E-state index >= 15 is 0 Å². The number of rotatable bonds is 5. The van der Waals surface area contributed by atoms with Crippen LogP contribution in [0.25, 0.3) is 0 Å². The Kier molecular flexibility index (Phi) is 6.85. The maximum absolute atomic E-state index is 12.9. The molecule has 0 N–H and O–H groups in total. The minimum Gasteiger partial charge on any atom is -0.342 e. The topological polar surface area (TPSA) is 78.0 Å². The van der Waals surface area contributed by atoms with E-state index in [1.165, 1.54) is 36.2 Å². The molecule has 28 heavy (non-hydrogen) atoms. The van der Waals surface area contributed by atoms with E-state index in [0.29, 0.717) is 38.3 Å². The molecule has 1 amide bonds. The highest BCUT2D eigenvalue weighted by atomic mass is 32.2. The second-order valence-electron chi connectivity index (χ2n) is 7.56. The zero-order valence-corrected chi connectivity index (χ0v) is 17.3. The number of piperazine rings is 1. The first-order valence-corrected chi connectivity index (χ1v) is 11.4. The molecule has 0 radical (unpaired) electrons. The molecule has 1 aromatic carbocycles. The van der Waals surface area contributed by atoms with Gasteiger partial charge in [0.15, 0.2) is 5.78 Å². The average molecular weight is 408 g/mol. The smallest absolute Gasteiger partial charge is 0.243 e. The molecule has 2 aliphatic rings. The molecule has 2 aliphatic heterocycles. The predicted octanol–water partition coefficient (Wildman–Crippen LogP) is 1.60. The fraction of sp³-hybridized carbons (Fsp3) is 0.600. The predicted molar refractivity (Wildman–Crippen MR) is 107 cm³/mol. The summed E-state index contributed by atoms with van der Waals surface area (Å²) in [5.74, 6) is -0.0127. The molecule has 0 saturated carbocycles. The minimum atomic E-state index is -3.64. The van der Waals surface area contributed by atoms with Crippen molar-refractivity contribution >= 4 is 21.7 Å². The molecule has 7 nitrogen and oxygen atoms in total. The zero-order chi connectivity index (χ0) is 20.1. The summed E-state index contributed by atoms with van der Waals surface area (Å²) in [4.78, 5) is 28.2. The molecule has 154 valence electrons. The molecule has 2 saturated heterocycles. The van der Waals surface area contributed by atoms with E-state index < -0.39 is 10.0 Å². The van der Waals surface area contributed by atoms with Crippen molar-refractivity contribution in [2.45, 2.75) is 37.5 Å². The van der Waals surface area contributed by atoms with Crippen molar-refractivity contribution in [1.82, 2.24) is 14.1 Å². The van der Waals surface area contributed by atoms with Gasteiger partial charge in [-0.25, -0.2) is 8.42 Å². The van der Waals surface area contributed by atoms with Gasteiger partial charge in [0.2, 0.25) is 15.9 Å². The van der Waals surface area contributed by atoms with Crippen LogP contribution < -0.4 is 0 Å². The lowest BCUT2D eigenvalue weighted by molar-refractivity contribution is -0.132. The van der Waals surface area contributed by atoms with Gasteiger partial charge < -0.3 is 4.90 Å². The number of benzene rings is 1. The number of amides is 1. The van der Waals surface area contributed by atoms with Gasteiger partial charge in [0.25, 0.3) is 0 Å². The number of hydrogen-bond acceptors (Lipinski definition) is 5. The van der Waals surface area contributed by atoms with Crippen molar-refractivity contribution in [2.75, 3.05) is 45.8 Å². The largest absolute Gasteiger partial charge is 0.342 e. The van der Waals surface area contributed by atoms with Crippen LogP contribution in [0.1, 0.15) is 43.0 Å². The highest BCUT2D eigenvalue weighted by Crippen LogP contribution is 2.19. The first-order valence-electron chi connectivity index (χ1n) is 9.99. The van der Waals surface area contributed by atoms with Gasteiger partial charge in [-0.2, -0.15) is 4.31 Å². The van der Waals surface area contributed by atoms with E-state index in [1.54, 1.807) is 12.1 Å². The molecule has 8 heteroatoms. The molecule has 0 aliphatic carbocycles. The van der Waals surface area contributed by atoms with Gasteiger partial charge in [0, 0.05) is 44.8 Å². The minimum absolute atomic E-state index is 0.146. The lowest BCUT2D eigenvalue weighted by Gasteiger charge is -2.34. The third-order valence-corrected chi connectivity index (χ3v) is 7.42. The Hall–Kier alpha value is -1.77. The van der Waals surface area contributed by atoms with Crippen LogP contribution in [0.3, 0.4) is 0 Å². The zero-order valence-electron chi connectivity index (χ0n) is 16.5. The van der Waals surface area contributed by atoms with Gasteiger partial charge in [0.05, 0.1) is 11.4 Å². The van der Waals surface area contributed by atoms with Crippen LogP contribution in [-0.2, 0) is 14.8 Å². The highest BCUT2D eigenvalue weighted by Gasteiger charge is 2.30. The number of likely N-dealkylation sites (tertiary alicyclic amines) is 1. The van der Waals surface area contributed by atoms with Crippen molar-refractivity contribution in [3.63, 3.8) is 0 Å². The summed E-state index contributed by atoms with van der Waals surface area (Å²) >= 11 is 0. The van der Waals surface area contributed by atoms with E-state index in [1.807, 2.05) is 9.80 Å². The number of ketones is 1. The van der Waals surface area contributed by atoms with Crippen LogP contribution in [0, 0.1) is 0 Å². The fourth-order valence-electron chi connectivity index (χ4n) is 3.76. The maximum atomic E-state index is 12.9. The molecule has 3 rings (SSSR count). The Morgan fingerprint density at radius 1 is 0.929 bits per heavy atom. The van der Waals surface area contributed by atoms with E-state index in [4.69, 9.17) is 0 Å². The summed E-state index contributed by atoms with van der Waals surface area (Å²) in [5.41, 5.74) is 0.391. The van der Waals surface area contributed by atoms with Crippen LogP contribution in [0.2, 0.25) is 0 Å². The van der Waals surface area contributed by atoms with Crippen LogP contribution in [0.4, 0.5) is 0 Å². The van der Waals surface area contributed by atoms with Gasteiger partial charge in [-0.15, -0.1) is 0 Å². The highest BCUT2D eigenvalue weighted by molar-refractivity contribution is 7.89. The quantitative estimate of drug-likeness (QED) is 0.693. The lowest BCUT2D eigenvalue weighted by Crippen LogP contribution is -2.51. The van der Waals surface area contributed by atoms with Crippen molar-refractivity contribution in [3.05, 3.63) is 29.8 Å². The molecule has 0 unspecified atom stereocenters. The number of Topliss-reactive ketones (excluding diaryl/α,β-unsaturated/α-hetero) is 1. The van der Waals surface area contributed by atoms with E-state index in [0.717, 1.165) is 25.9 Å². The van der Waals surface area contributed by atoms with Crippen LogP contribution >= 0.6 is 0 Å². The Labute approximate surface area is 167 Å². The summed E-state index contributed by atoms with van der Waals surface area (Å²) in [6, 6.07) is 6.18. The lowest BCUT2D eigenvalue weighted by atomic mass is 10.2. The van der Waals surface area contributed by atoms with Crippen molar-refractivity contribution < 1.29 is 18.0 Å². The molecular weight excluding hydrogens is 378 g/mol. The van der Waals surface area contributed by atoms with E-state index in [2.05, 4.69) is 0 Å². The summed E-state index contributed by atoms with van der Waals surface area (Å²) in [6.45, 7) is 5.20. The normalized spacial score (nSPS) is 20.0. The molecule has 0 spiro atoms. The second-order valence-corrected chi connectivity index (χ2v) is 9.50. The van der Waals surface area contributed by atoms with Crippen LogP contribution in [-0.4, -0.2) is 80.0 Å². The summed E-state index contributed by atoms with van der Waals surface area (Å²) in [6.07, 6.45) is 4.50. The van der Waals surface area contributed by atoms with Gasteiger partial charge in [0.1, 0.15) is 0 Å². The second kappa shape index (κ2) is 9.15. The number of nitrogens with zero attached hydrogens (tertiary/aromatic N) is 3. The SMILES string of the molecule is CC(=O)c1cccc(S(=O)(=O)N2CCN(CC(=O)N3CCCCCC3)CC2)c1. The summed E-state index contributed by atoms with van der Waals surface area (Å²) in [7, 11) is -3.64. The first-order chi connectivity index (χ1) is 13.4. The average Bonchev–Trinajstić information content (AvgIpc) is 2.98. The Morgan fingerprint density at radius 3 is 2.18 bits per heavy atom. The van der Waals surface area contributed by atoms with Crippen LogP contribution in [0.5, 0.6) is 0 Å². The Morgan fingerprint density at radius 2 is 1.57 bits per heavy atom. The van der Waals surface area contributed by atoms with E-state index in [-0.39, 0.29) is 16.6 Å². The third-order valence-electron chi connectivity index (χ3n) is 5.53. The monoisotopic (exact) mass is 407 g/mol. The maximum Gasteiger partial charge on any atom is 0.243 e. The molecule has 1 aromatic rings. The van der Waals surface area contributed by atoms with Crippen molar-refractivity contribution in [2.24, 2.45) is 0 Å².